The van der Waals surface area contributed by atoms with Crippen molar-refractivity contribution in [2.45, 2.75) is 9.79 Å². The summed E-state index contributed by atoms with van der Waals surface area (Å²) in [6.07, 6.45) is 2.24. The number of fused-ring (bicyclic) bond motifs is 7. The van der Waals surface area contributed by atoms with Crippen LogP contribution in [0.5, 0.6) is 0 Å². The van der Waals surface area contributed by atoms with Crippen molar-refractivity contribution in [3.8, 4) is 33.6 Å². The standard InChI is InChI=1S/C50H33N3S/c1-3-14-34(15-4-1)36-30-37(35-16-5-2-6-17-35)32-40(31-36)51-29-28-43-44(51)27-26-42-41-20-7-8-21-45(41)53(50(42)43)39-19-13-18-38(33-39)52-46-22-9-11-24-48(46)54-49-25-12-10-23-47(49)52/h1-33H. The van der Waals surface area contributed by atoms with E-state index in [2.05, 4.69) is 214 Å². The Bertz CT molecular complexity index is 2930. The van der Waals surface area contributed by atoms with Crippen molar-refractivity contribution >= 4 is 61.5 Å². The molecule has 0 N–H and O–H groups in total. The molecule has 0 bridgehead atoms. The summed E-state index contributed by atoms with van der Waals surface area (Å²) in [4.78, 5) is 4.93. The highest BCUT2D eigenvalue weighted by atomic mass is 32.2. The highest BCUT2D eigenvalue weighted by Crippen LogP contribution is 2.51. The molecule has 11 rings (SSSR count). The molecule has 254 valence electrons. The van der Waals surface area contributed by atoms with E-state index in [-0.39, 0.29) is 0 Å². The van der Waals surface area contributed by atoms with Gasteiger partial charge in [-0.1, -0.05) is 127 Å². The predicted molar refractivity (Wildman–Crippen MR) is 227 cm³/mol. The Kier molecular flexibility index (Phi) is 7.10. The van der Waals surface area contributed by atoms with E-state index in [0.717, 1.165) is 17.1 Å². The Balaban J connectivity index is 1.13. The highest BCUT2D eigenvalue weighted by molar-refractivity contribution is 7.99. The Morgan fingerprint density at radius 1 is 0.352 bits per heavy atom. The number of hydrogen-bond donors (Lipinski definition) is 0. The molecule has 0 saturated carbocycles. The Labute approximate surface area is 318 Å². The van der Waals surface area contributed by atoms with Gasteiger partial charge in [-0.3, -0.25) is 0 Å². The van der Waals surface area contributed by atoms with Crippen molar-refractivity contribution in [1.82, 2.24) is 9.13 Å². The lowest BCUT2D eigenvalue weighted by molar-refractivity contribution is 1.13. The number of anilines is 3. The number of para-hydroxylation sites is 3. The van der Waals surface area contributed by atoms with Gasteiger partial charge in [0.1, 0.15) is 0 Å². The smallest absolute Gasteiger partial charge is 0.0635 e. The monoisotopic (exact) mass is 707 g/mol. The molecule has 1 aliphatic heterocycles. The zero-order chi connectivity index (χ0) is 35.6. The van der Waals surface area contributed by atoms with Crippen molar-refractivity contribution in [2.24, 2.45) is 0 Å². The van der Waals surface area contributed by atoms with E-state index in [9.17, 15) is 0 Å². The van der Waals surface area contributed by atoms with Gasteiger partial charge in [-0.2, -0.15) is 0 Å². The molecule has 3 nitrogen and oxygen atoms in total. The first-order chi connectivity index (χ1) is 26.8. The molecule has 1 aliphatic rings. The summed E-state index contributed by atoms with van der Waals surface area (Å²) in [5.74, 6) is 0. The Hall–Kier alpha value is -6.75. The van der Waals surface area contributed by atoms with Crippen molar-refractivity contribution in [3.05, 3.63) is 200 Å². The van der Waals surface area contributed by atoms with Crippen molar-refractivity contribution in [1.29, 1.82) is 0 Å². The maximum absolute atomic E-state index is 2.47. The van der Waals surface area contributed by atoms with Crippen molar-refractivity contribution < 1.29 is 0 Å². The van der Waals surface area contributed by atoms with E-state index in [4.69, 9.17) is 0 Å². The minimum absolute atomic E-state index is 1.13. The van der Waals surface area contributed by atoms with Gasteiger partial charge in [-0.15, -0.1) is 0 Å². The summed E-state index contributed by atoms with van der Waals surface area (Å²) < 4.78 is 4.82. The summed E-state index contributed by atoms with van der Waals surface area (Å²) in [6, 6.07) is 70.5. The van der Waals surface area contributed by atoms with Gasteiger partial charge in [-0.05, 0) is 101 Å². The van der Waals surface area contributed by atoms with Crippen LogP contribution in [0, 0.1) is 0 Å². The molecule has 0 saturated heterocycles. The lowest BCUT2D eigenvalue weighted by atomic mass is 9.98. The fourth-order valence-corrected chi connectivity index (χ4v) is 9.33. The first-order valence-electron chi connectivity index (χ1n) is 18.3. The van der Waals surface area contributed by atoms with Gasteiger partial charge < -0.3 is 14.0 Å². The summed E-state index contributed by atoms with van der Waals surface area (Å²) in [5, 5.41) is 3.70. The van der Waals surface area contributed by atoms with Crippen LogP contribution in [0.25, 0.3) is 66.3 Å². The lowest BCUT2D eigenvalue weighted by Gasteiger charge is -2.33. The predicted octanol–water partition coefficient (Wildman–Crippen LogP) is 14.0. The molecular formula is C50H33N3S. The molecule has 0 atom stereocenters. The molecule has 0 aliphatic carbocycles. The third-order valence-corrected chi connectivity index (χ3v) is 11.8. The van der Waals surface area contributed by atoms with Crippen LogP contribution in [0.15, 0.2) is 210 Å². The summed E-state index contributed by atoms with van der Waals surface area (Å²) >= 11 is 1.84. The molecule has 0 amide bonds. The molecular weight excluding hydrogens is 675 g/mol. The van der Waals surface area contributed by atoms with Crippen LogP contribution in [-0.2, 0) is 0 Å². The molecule has 10 aromatic rings. The van der Waals surface area contributed by atoms with Crippen LogP contribution in [0.4, 0.5) is 17.1 Å². The van der Waals surface area contributed by atoms with Gasteiger partial charge >= 0.3 is 0 Å². The molecule has 54 heavy (non-hydrogen) atoms. The summed E-state index contributed by atoms with van der Waals surface area (Å²) in [7, 11) is 0. The van der Waals surface area contributed by atoms with E-state index in [1.165, 1.54) is 76.1 Å². The zero-order valence-corrected chi connectivity index (χ0v) is 30.1. The second-order valence-electron chi connectivity index (χ2n) is 13.8. The molecule has 8 aromatic carbocycles. The number of rotatable bonds is 5. The van der Waals surface area contributed by atoms with Gasteiger partial charge in [0, 0.05) is 49.2 Å². The Morgan fingerprint density at radius 2 is 0.963 bits per heavy atom. The molecule has 4 heteroatoms. The largest absolute Gasteiger partial charge is 0.316 e. The Morgan fingerprint density at radius 3 is 1.67 bits per heavy atom. The highest BCUT2D eigenvalue weighted by Gasteiger charge is 2.25. The quantitative estimate of drug-likeness (QED) is 0.177. The first-order valence-corrected chi connectivity index (χ1v) is 19.2. The fraction of sp³-hybridized carbons (Fsp3) is 0. The van der Waals surface area contributed by atoms with Crippen LogP contribution in [0.1, 0.15) is 0 Å². The van der Waals surface area contributed by atoms with E-state index >= 15 is 0 Å². The van der Waals surface area contributed by atoms with Crippen LogP contribution in [0.3, 0.4) is 0 Å². The van der Waals surface area contributed by atoms with E-state index in [1.54, 1.807) is 0 Å². The topological polar surface area (TPSA) is 13.1 Å². The second kappa shape index (κ2) is 12.4. The first kappa shape index (κ1) is 30.8. The maximum Gasteiger partial charge on any atom is 0.0635 e. The number of nitrogens with zero attached hydrogens (tertiary/aromatic N) is 3. The van der Waals surface area contributed by atoms with Gasteiger partial charge in [0.25, 0.3) is 0 Å². The van der Waals surface area contributed by atoms with Crippen molar-refractivity contribution in [2.75, 3.05) is 4.90 Å². The van der Waals surface area contributed by atoms with Crippen LogP contribution >= 0.6 is 11.8 Å². The maximum atomic E-state index is 2.47. The molecule has 0 spiro atoms. The molecule has 3 heterocycles. The molecule has 0 fully saturated rings. The minimum atomic E-state index is 1.13. The van der Waals surface area contributed by atoms with Crippen LogP contribution in [-0.4, -0.2) is 9.13 Å². The van der Waals surface area contributed by atoms with E-state index in [1.807, 2.05) is 11.8 Å². The van der Waals surface area contributed by atoms with Crippen molar-refractivity contribution in [3.63, 3.8) is 0 Å². The normalized spacial score (nSPS) is 12.3. The SMILES string of the molecule is c1ccc(-c2cc(-c3ccccc3)cc(-n3ccc4c3ccc3c5ccccc5n(-c5cccc(N6c7ccccc7Sc7ccccc76)c5)c34)c2)cc1. The van der Waals surface area contributed by atoms with Gasteiger partial charge in [-0.25, -0.2) is 0 Å². The molecule has 0 radical (unpaired) electrons. The third-order valence-electron chi connectivity index (χ3n) is 10.7. The molecule has 2 aromatic heterocycles. The zero-order valence-electron chi connectivity index (χ0n) is 29.3. The number of hydrogen-bond acceptors (Lipinski definition) is 2. The van der Waals surface area contributed by atoms with Gasteiger partial charge in [0.05, 0.1) is 27.9 Å². The number of benzene rings is 8. The lowest BCUT2D eigenvalue weighted by Crippen LogP contribution is -2.15. The summed E-state index contributed by atoms with van der Waals surface area (Å²) in [5.41, 5.74) is 14.2. The fourth-order valence-electron chi connectivity index (χ4n) is 8.27. The van der Waals surface area contributed by atoms with E-state index < -0.39 is 0 Å². The molecule has 0 unspecified atom stereocenters. The average molecular weight is 708 g/mol. The number of aromatic nitrogens is 2. The van der Waals surface area contributed by atoms with Crippen LogP contribution in [0.2, 0.25) is 0 Å². The summed E-state index contributed by atoms with van der Waals surface area (Å²) in [6.45, 7) is 0. The minimum Gasteiger partial charge on any atom is -0.316 e. The van der Waals surface area contributed by atoms with Gasteiger partial charge in [0.15, 0.2) is 0 Å². The second-order valence-corrected chi connectivity index (χ2v) is 14.9. The van der Waals surface area contributed by atoms with Gasteiger partial charge in [0.2, 0.25) is 0 Å². The van der Waals surface area contributed by atoms with Crippen LogP contribution < -0.4 is 4.90 Å². The third kappa shape index (κ3) is 4.92. The average Bonchev–Trinajstić information content (AvgIpc) is 3.83. The van der Waals surface area contributed by atoms with E-state index in [0.29, 0.717) is 0 Å².